The van der Waals surface area contributed by atoms with E-state index in [0.29, 0.717) is 0 Å². The zero-order valence-corrected chi connectivity index (χ0v) is 12.3. The highest BCUT2D eigenvalue weighted by atomic mass is 35.5. The molecule has 104 valence electrons. The molecule has 0 atom stereocenters. The Balaban J connectivity index is 2.07. The van der Waals surface area contributed by atoms with E-state index in [-0.39, 0.29) is 0 Å². The van der Waals surface area contributed by atoms with Crippen molar-refractivity contribution in [1.82, 2.24) is 5.32 Å². The third kappa shape index (κ3) is 2.54. The summed E-state index contributed by atoms with van der Waals surface area (Å²) in [5.41, 5.74) is 4.74. The summed E-state index contributed by atoms with van der Waals surface area (Å²) in [7, 11) is 1.93. The van der Waals surface area contributed by atoms with Gasteiger partial charge in [-0.2, -0.15) is 0 Å². The van der Waals surface area contributed by atoms with Crippen molar-refractivity contribution in [3.05, 3.63) is 52.5 Å². The molecule has 1 aliphatic heterocycles. The van der Waals surface area contributed by atoms with Crippen LogP contribution in [0.5, 0.6) is 5.75 Å². The molecule has 1 heterocycles. The topological polar surface area (TPSA) is 21.3 Å². The molecule has 20 heavy (non-hydrogen) atoms. The molecule has 2 aromatic carbocycles. The fourth-order valence-electron chi connectivity index (χ4n) is 2.68. The first-order valence-corrected chi connectivity index (χ1v) is 7.35. The Labute approximate surface area is 124 Å². The second-order valence-corrected chi connectivity index (χ2v) is 5.49. The van der Waals surface area contributed by atoms with Gasteiger partial charge in [0.05, 0.1) is 6.61 Å². The van der Waals surface area contributed by atoms with Gasteiger partial charge in [-0.1, -0.05) is 35.9 Å². The maximum atomic E-state index is 6.23. The fourth-order valence-corrected chi connectivity index (χ4v) is 2.87. The maximum Gasteiger partial charge on any atom is 0.130 e. The van der Waals surface area contributed by atoms with Crippen molar-refractivity contribution < 1.29 is 4.74 Å². The SMILES string of the molecule is CNCc1cc(-c2cccc3c2OCCC3)ccc1Cl. The number of benzene rings is 2. The van der Waals surface area contributed by atoms with Gasteiger partial charge in [-0.25, -0.2) is 0 Å². The molecule has 1 N–H and O–H groups in total. The van der Waals surface area contributed by atoms with E-state index < -0.39 is 0 Å². The number of hydrogen-bond acceptors (Lipinski definition) is 2. The van der Waals surface area contributed by atoms with E-state index in [4.69, 9.17) is 16.3 Å². The standard InChI is InChI=1S/C17H18ClNO/c1-19-11-14-10-13(7-8-16(14)18)15-6-2-4-12-5-3-9-20-17(12)15/h2,4,6-8,10,19H,3,5,9,11H2,1H3. The highest BCUT2D eigenvalue weighted by Gasteiger charge is 2.16. The predicted molar refractivity (Wildman–Crippen MR) is 83.5 cm³/mol. The molecule has 0 radical (unpaired) electrons. The summed E-state index contributed by atoms with van der Waals surface area (Å²) in [4.78, 5) is 0. The number of halogens is 1. The summed E-state index contributed by atoms with van der Waals surface area (Å²) in [5, 5.41) is 3.95. The van der Waals surface area contributed by atoms with Crippen LogP contribution in [0.4, 0.5) is 0 Å². The average Bonchev–Trinajstić information content (AvgIpc) is 2.49. The molecular weight excluding hydrogens is 270 g/mol. The van der Waals surface area contributed by atoms with E-state index in [0.717, 1.165) is 47.9 Å². The number of hydrogen-bond donors (Lipinski definition) is 1. The van der Waals surface area contributed by atoms with Crippen LogP contribution in [-0.2, 0) is 13.0 Å². The van der Waals surface area contributed by atoms with Crippen LogP contribution in [0.25, 0.3) is 11.1 Å². The first-order chi connectivity index (χ1) is 9.79. The maximum absolute atomic E-state index is 6.23. The Morgan fingerprint density at radius 1 is 1.25 bits per heavy atom. The van der Waals surface area contributed by atoms with Crippen LogP contribution in [0.1, 0.15) is 17.5 Å². The van der Waals surface area contributed by atoms with E-state index in [1.165, 1.54) is 11.1 Å². The van der Waals surface area contributed by atoms with E-state index in [1.807, 2.05) is 13.1 Å². The van der Waals surface area contributed by atoms with Crippen molar-refractivity contribution in [3.8, 4) is 16.9 Å². The van der Waals surface area contributed by atoms with Gasteiger partial charge in [-0.3, -0.25) is 0 Å². The molecule has 0 spiro atoms. The van der Waals surface area contributed by atoms with Crippen LogP contribution in [0.15, 0.2) is 36.4 Å². The fraction of sp³-hybridized carbons (Fsp3) is 0.294. The minimum Gasteiger partial charge on any atom is -0.493 e. The average molecular weight is 288 g/mol. The van der Waals surface area contributed by atoms with Crippen molar-refractivity contribution >= 4 is 11.6 Å². The van der Waals surface area contributed by atoms with Gasteiger partial charge in [0.25, 0.3) is 0 Å². The molecular formula is C17H18ClNO. The quantitative estimate of drug-likeness (QED) is 0.919. The van der Waals surface area contributed by atoms with Gasteiger partial charge in [0.2, 0.25) is 0 Å². The largest absolute Gasteiger partial charge is 0.493 e. The summed E-state index contributed by atoms with van der Waals surface area (Å²) in [6, 6.07) is 12.6. The van der Waals surface area contributed by atoms with Crippen LogP contribution < -0.4 is 10.1 Å². The predicted octanol–water partition coefficient (Wildman–Crippen LogP) is 4.05. The van der Waals surface area contributed by atoms with E-state index in [9.17, 15) is 0 Å². The van der Waals surface area contributed by atoms with Crippen molar-refractivity contribution in [2.24, 2.45) is 0 Å². The minimum absolute atomic E-state index is 0.766. The van der Waals surface area contributed by atoms with Crippen LogP contribution in [-0.4, -0.2) is 13.7 Å². The summed E-state index contributed by atoms with van der Waals surface area (Å²) >= 11 is 6.23. The molecule has 2 aromatic rings. The number of rotatable bonds is 3. The monoisotopic (exact) mass is 287 g/mol. The Morgan fingerprint density at radius 3 is 3.00 bits per heavy atom. The molecule has 0 amide bonds. The number of nitrogens with one attached hydrogen (secondary N) is 1. The van der Waals surface area contributed by atoms with E-state index >= 15 is 0 Å². The molecule has 0 saturated carbocycles. The van der Waals surface area contributed by atoms with Crippen molar-refractivity contribution in [2.45, 2.75) is 19.4 Å². The molecule has 2 nitrogen and oxygen atoms in total. The van der Waals surface area contributed by atoms with Gasteiger partial charge in [-0.05, 0) is 48.7 Å². The van der Waals surface area contributed by atoms with Gasteiger partial charge in [0.1, 0.15) is 5.75 Å². The first kappa shape index (κ1) is 13.5. The molecule has 3 heteroatoms. The van der Waals surface area contributed by atoms with Gasteiger partial charge < -0.3 is 10.1 Å². The second-order valence-electron chi connectivity index (χ2n) is 5.08. The lowest BCUT2D eigenvalue weighted by molar-refractivity contribution is 0.289. The van der Waals surface area contributed by atoms with Crippen molar-refractivity contribution in [2.75, 3.05) is 13.7 Å². The first-order valence-electron chi connectivity index (χ1n) is 6.97. The summed E-state index contributed by atoms with van der Waals surface area (Å²) in [5.74, 6) is 1.04. The molecule has 3 rings (SSSR count). The molecule has 0 aliphatic carbocycles. The molecule has 0 aromatic heterocycles. The van der Waals surface area contributed by atoms with Crippen molar-refractivity contribution in [3.63, 3.8) is 0 Å². The molecule has 0 saturated heterocycles. The number of ether oxygens (including phenoxy) is 1. The Hall–Kier alpha value is -1.51. The third-order valence-electron chi connectivity index (χ3n) is 3.66. The van der Waals surface area contributed by atoms with Crippen LogP contribution in [0.3, 0.4) is 0 Å². The van der Waals surface area contributed by atoms with E-state index in [2.05, 4.69) is 35.6 Å². The molecule has 1 aliphatic rings. The van der Waals surface area contributed by atoms with Crippen molar-refractivity contribution in [1.29, 1.82) is 0 Å². The number of para-hydroxylation sites is 1. The summed E-state index contributed by atoms with van der Waals surface area (Å²) in [6.45, 7) is 1.57. The zero-order valence-electron chi connectivity index (χ0n) is 11.6. The lowest BCUT2D eigenvalue weighted by Gasteiger charge is -2.20. The highest BCUT2D eigenvalue weighted by Crippen LogP contribution is 2.37. The number of fused-ring (bicyclic) bond motifs is 1. The van der Waals surface area contributed by atoms with E-state index in [1.54, 1.807) is 0 Å². The van der Waals surface area contributed by atoms with Gasteiger partial charge in [0.15, 0.2) is 0 Å². The normalized spacial score (nSPS) is 13.7. The highest BCUT2D eigenvalue weighted by molar-refractivity contribution is 6.31. The minimum atomic E-state index is 0.766. The molecule has 0 fully saturated rings. The van der Waals surface area contributed by atoms with Crippen LogP contribution in [0.2, 0.25) is 5.02 Å². The lowest BCUT2D eigenvalue weighted by atomic mass is 9.96. The lowest BCUT2D eigenvalue weighted by Crippen LogP contribution is -2.09. The smallest absolute Gasteiger partial charge is 0.130 e. The number of aryl methyl sites for hydroxylation is 1. The van der Waals surface area contributed by atoms with Gasteiger partial charge in [-0.15, -0.1) is 0 Å². The van der Waals surface area contributed by atoms with Gasteiger partial charge in [0, 0.05) is 17.1 Å². The molecule has 0 bridgehead atoms. The molecule has 0 unspecified atom stereocenters. The third-order valence-corrected chi connectivity index (χ3v) is 4.03. The Kier molecular flexibility index (Phi) is 3.95. The Bertz CT molecular complexity index is 624. The van der Waals surface area contributed by atoms with Gasteiger partial charge >= 0.3 is 0 Å². The van der Waals surface area contributed by atoms with Crippen LogP contribution in [0, 0.1) is 0 Å². The second kappa shape index (κ2) is 5.86. The summed E-state index contributed by atoms with van der Waals surface area (Å²) < 4.78 is 5.89. The summed E-state index contributed by atoms with van der Waals surface area (Å²) in [6.07, 6.45) is 2.20. The Morgan fingerprint density at radius 2 is 2.15 bits per heavy atom. The van der Waals surface area contributed by atoms with Crippen LogP contribution >= 0.6 is 11.6 Å². The zero-order chi connectivity index (χ0) is 13.9.